The van der Waals surface area contributed by atoms with Crippen molar-refractivity contribution >= 4 is 15.9 Å². The molecular formula is C27H27N3O3S. The molecule has 0 spiro atoms. The van der Waals surface area contributed by atoms with Crippen molar-refractivity contribution < 1.29 is 13.2 Å². The van der Waals surface area contributed by atoms with Gasteiger partial charge in [-0.15, -0.1) is 0 Å². The van der Waals surface area contributed by atoms with Gasteiger partial charge in [0.05, 0.1) is 16.5 Å². The first-order chi connectivity index (χ1) is 16.4. The Balaban J connectivity index is 1.39. The fourth-order valence-corrected chi connectivity index (χ4v) is 5.18. The highest BCUT2D eigenvalue weighted by Gasteiger charge is 2.18. The van der Waals surface area contributed by atoms with Crippen molar-refractivity contribution in [1.29, 1.82) is 5.26 Å². The van der Waals surface area contributed by atoms with Crippen LogP contribution in [0.5, 0.6) is 0 Å². The van der Waals surface area contributed by atoms with Crippen molar-refractivity contribution in [2.75, 3.05) is 0 Å². The fraction of sp³-hybridized carbons (Fsp3) is 0.259. The minimum absolute atomic E-state index is 0.0876. The summed E-state index contributed by atoms with van der Waals surface area (Å²) in [7, 11) is -3.72. The van der Waals surface area contributed by atoms with Gasteiger partial charge in [-0.05, 0) is 65.9 Å². The Hall–Kier alpha value is -3.47. The molecule has 6 nitrogen and oxygen atoms in total. The Morgan fingerprint density at radius 2 is 1.56 bits per heavy atom. The number of nitriles is 1. The molecule has 1 aliphatic rings. The molecule has 34 heavy (non-hydrogen) atoms. The van der Waals surface area contributed by atoms with Crippen molar-refractivity contribution in [2.45, 2.75) is 49.6 Å². The molecule has 174 valence electrons. The molecule has 7 heteroatoms. The molecule has 1 fully saturated rings. The van der Waals surface area contributed by atoms with Gasteiger partial charge in [0.2, 0.25) is 10.0 Å². The van der Waals surface area contributed by atoms with Crippen LogP contribution in [-0.4, -0.2) is 20.4 Å². The molecular weight excluding hydrogens is 446 g/mol. The minimum atomic E-state index is -3.72. The maximum atomic E-state index is 12.8. The second-order valence-corrected chi connectivity index (χ2v) is 10.3. The summed E-state index contributed by atoms with van der Waals surface area (Å²) in [5.41, 5.74) is 3.59. The normalized spacial score (nSPS) is 14.3. The largest absolute Gasteiger partial charge is 0.349 e. The lowest BCUT2D eigenvalue weighted by Gasteiger charge is -2.22. The van der Waals surface area contributed by atoms with Crippen LogP contribution in [0, 0.1) is 11.3 Å². The smallest absolute Gasteiger partial charge is 0.251 e. The van der Waals surface area contributed by atoms with Gasteiger partial charge < -0.3 is 5.32 Å². The molecule has 0 aromatic heterocycles. The number of hydrogen-bond acceptors (Lipinski definition) is 4. The van der Waals surface area contributed by atoms with Crippen molar-refractivity contribution in [3.63, 3.8) is 0 Å². The second-order valence-electron chi connectivity index (χ2n) is 8.55. The number of hydrogen-bond donors (Lipinski definition) is 2. The Morgan fingerprint density at radius 1 is 0.912 bits per heavy atom. The van der Waals surface area contributed by atoms with Crippen LogP contribution in [0.1, 0.15) is 53.6 Å². The molecule has 0 aliphatic heterocycles. The van der Waals surface area contributed by atoms with Gasteiger partial charge in [-0.1, -0.05) is 55.7 Å². The highest BCUT2D eigenvalue weighted by atomic mass is 32.2. The lowest BCUT2D eigenvalue weighted by Crippen LogP contribution is -2.36. The molecule has 0 radical (unpaired) electrons. The Bertz CT molecular complexity index is 1290. The van der Waals surface area contributed by atoms with Gasteiger partial charge in [-0.3, -0.25) is 4.79 Å². The number of sulfonamides is 1. The van der Waals surface area contributed by atoms with Crippen molar-refractivity contribution in [1.82, 2.24) is 10.0 Å². The summed E-state index contributed by atoms with van der Waals surface area (Å²) in [6.45, 7) is 0.0876. The van der Waals surface area contributed by atoms with Crippen LogP contribution in [0.2, 0.25) is 0 Å². The van der Waals surface area contributed by atoms with E-state index in [-0.39, 0.29) is 23.4 Å². The van der Waals surface area contributed by atoms with Crippen LogP contribution < -0.4 is 10.0 Å². The molecule has 1 amide bonds. The average molecular weight is 474 g/mol. The van der Waals surface area contributed by atoms with E-state index >= 15 is 0 Å². The van der Waals surface area contributed by atoms with Gasteiger partial charge in [-0.25, -0.2) is 13.1 Å². The van der Waals surface area contributed by atoms with Crippen LogP contribution in [0.4, 0.5) is 0 Å². The van der Waals surface area contributed by atoms with Crippen LogP contribution in [0.25, 0.3) is 11.1 Å². The lowest BCUT2D eigenvalue weighted by atomic mass is 9.95. The first kappa shape index (κ1) is 23.7. The van der Waals surface area contributed by atoms with Crippen LogP contribution in [-0.2, 0) is 16.6 Å². The van der Waals surface area contributed by atoms with E-state index in [1.165, 1.54) is 6.42 Å². The summed E-state index contributed by atoms with van der Waals surface area (Å²) in [5, 5.41) is 12.0. The topological polar surface area (TPSA) is 99.1 Å². The maximum Gasteiger partial charge on any atom is 0.251 e. The van der Waals surface area contributed by atoms with E-state index < -0.39 is 10.0 Å². The van der Waals surface area contributed by atoms with E-state index in [1.807, 2.05) is 12.1 Å². The predicted molar refractivity (Wildman–Crippen MR) is 131 cm³/mol. The van der Waals surface area contributed by atoms with Crippen molar-refractivity contribution in [3.05, 3.63) is 89.5 Å². The summed E-state index contributed by atoms with van der Waals surface area (Å²) in [6.07, 6.45) is 5.52. The van der Waals surface area contributed by atoms with E-state index in [2.05, 4.69) is 16.1 Å². The molecule has 3 aromatic rings. The highest BCUT2D eigenvalue weighted by molar-refractivity contribution is 7.89. The fourth-order valence-electron chi connectivity index (χ4n) is 4.16. The molecule has 2 N–H and O–H groups in total. The van der Waals surface area contributed by atoms with E-state index in [9.17, 15) is 13.2 Å². The molecule has 0 bridgehead atoms. The monoisotopic (exact) mass is 473 g/mol. The molecule has 3 aromatic carbocycles. The number of nitrogens with zero attached hydrogens (tertiary/aromatic N) is 1. The first-order valence-electron chi connectivity index (χ1n) is 11.4. The summed E-state index contributed by atoms with van der Waals surface area (Å²) in [4.78, 5) is 12.8. The van der Waals surface area contributed by atoms with Gasteiger partial charge in [0.25, 0.3) is 5.91 Å². The van der Waals surface area contributed by atoms with Crippen LogP contribution >= 0.6 is 0 Å². The maximum absolute atomic E-state index is 12.8. The predicted octanol–water partition coefficient (Wildman–Crippen LogP) is 4.77. The third-order valence-electron chi connectivity index (χ3n) is 6.11. The molecule has 0 heterocycles. The van der Waals surface area contributed by atoms with Crippen LogP contribution in [0.3, 0.4) is 0 Å². The zero-order chi connectivity index (χ0) is 24.0. The number of amides is 1. The second kappa shape index (κ2) is 10.6. The SMILES string of the molecule is N#Cc1ccc(-c2ccc(S(=O)(=O)NCc3cccc(C(=O)NC4CCCCC4)c3)cc2)cc1. The van der Waals surface area contributed by atoms with Crippen molar-refractivity contribution in [3.8, 4) is 17.2 Å². The standard InChI is InChI=1S/C27H27N3O3S/c28-18-20-9-11-22(12-10-20)23-13-15-26(16-14-23)34(32,33)29-19-21-5-4-6-24(17-21)27(31)30-25-7-2-1-3-8-25/h4-6,9-17,25,29H,1-3,7-8,19H2,(H,30,31). The lowest BCUT2D eigenvalue weighted by molar-refractivity contribution is 0.0927. The van der Waals surface area contributed by atoms with Gasteiger partial charge in [0, 0.05) is 18.2 Å². The molecule has 0 atom stereocenters. The zero-order valence-electron chi connectivity index (χ0n) is 18.8. The van der Waals surface area contributed by atoms with Crippen LogP contribution in [0.15, 0.2) is 77.7 Å². The van der Waals surface area contributed by atoms with E-state index in [0.29, 0.717) is 16.7 Å². The molecule has 1 saturated carbocycles. The van der Waals surface area contributed by atoms with Gasteiger partial charge >= 0.3 is 0 Å². The number of rotatable bonds is 7. The summed E-state index contributed by atoms with van der Waals surface area (Å²) in [6, 6.07) is 23.1. The Kier molecular flexibility index (Phi) is 7.41. The Labute approximate surface area is 200 Å². The molecule has 0 unspecified atom stereocenters. The quantitative estimate of drug-likeness (QED) is 0.516. The number of carbonyl (C=O) groups excluding carboxylic acids is 1. The van der Waals surface area contributed by atoms with E-state index in [1.54, 1.807) is 60.7 Å². The first-order valence-corrected chi connectivity index (χ1v) is 12.9. The average Bonchev–Trinajstić information content (AvgIpc) is 2.88. The number of nitrogens with one attached hydrogen (secondary N) is 2. The minimum Gasteiger partial charge on any atom is -0.349 e. The van der Waals surface area contributed by atoms with E-state index in [0.717, 1.165) is 36.8 Å². The summed E-state index contributed by atoms with van der Waals surface area (Å²) in [5.74, 6) is -0.116. The molecule has 0 saturated heterocycles. The number of benzene rings is 3. The summed E-state index contributed by atoms with van der Waals surface area (Å²) < 4.78 is 28.2. The zero-order valence-corrected chi connectivity index (χ0v) is 19.6. The van der Waals surface area contributed by atoms with Gasteiger partial charge in [0.1, 0.15) is 0 Å². The molecule has 1 aliphatic carbocycles. The van der Waals surface area contributed by atoms with Gasteiger partial charge in [0.15, 0.2) is 0 Å². The van der Waals surface area contributed by atoms with Crippen molar-refractivity contribution in [2.24, 2.45) is 0 Å². The highest BCUT2D eigenvalue weighted by Crippen LogP contribution is 2.22. The summed E-state index contributed by atoms with van der Waals surface area (Å²) >= 11 is 0. The Morgan fingerprint density at radius 3 is 2.21 bits per heavy atom. The number of carbonyl (C=O) groups is 1. The third kappa shape index (κ3) is 5.90. The third-order valence-corrected chi connectivity index (χ3v) is 7.52. The molecule has 4 rings (SSSR count). The van der Waals surface area contributed by atoms with E-state index in [4.69, 9.17) is 5.26 Å². The van der Waals surface area contributed by atoms with Gasteiger partial charge in [-0.2, -0.15) is 5.26 Å².